The molecule has 0 aliphatic rings. The van der Waals surface area contributed by atoms with Gasteiger partial charge in [0.25, 0.3) is 0 Å². The molecule has 1 aromatic rings. The van der Waals surface area contributed by atoms with Crippen LogP contribution in [-0.4, -0.2) is 102 Å². The maximum Gasteiger partial charge on any atom is 0.132 e. The number of hydrogen-bond donors (Lipinski definition) is 3. The average Bonchev–Trinajstić information content (AvgIpc) is 2.74. The van der Waals surface area contributed by atoms with Crippen LogP contribution in [0.15, 0.2) is 0 Å². The molecule has 3 N–H and O–H groups in total. The van der Waals surface area contributed by atoms with Crippen molar-refractivity contribution in [3.05, 3.63) is 16.7 Å². The molecule has 1 rings (SSSR count). The molecule has 0 unspecified atom stereocenters. The number of rotatable bonds is 18. The van der Waals surface area contributed by atoms with Gasteiger partial charge in [0.1, 0.15) is 17.2 Å². The van der Waals surface area contributed by atoms with Crippen LogP contribution in [0.3, 0.4) is 0 Å². The molecule has 0 aliphatic carbocycles. The largest absolute Gasteiger partial charge is 0.507 e. The van der Waals surface area contributed by atoms with E-state index in [9.17, 15) is 15.3 Å². The van der Waals surface area contributed by atoms with E-state index in [1.165, 1.54) is 0 Å². The molecule has 0 amide bonds. The van der Waals surface area contributed by atoms with Crippen LogP contribution in [0.25, 0.3) is 0 Å². The van der Waals surface area contributed by atoms with Crippen LogP contribution >= 0.6 is 69.6 Å². The van der Waals surface area contributed by atoms with Gasteiger partial charge in [0, 0.05) is 91.2 Å². The summed E-state index contributed by atoms with van der Waals surface area (Å²) in [5.74, 6) is -0.540. The number of nitrogens with zero attached hydrogens (tertiary/aromatic N) is 3. The smallest absolute Gasteiger partial charge is 0.132 e. The zero-order valence-electron chi connectivity index (χ0n) is 23.8. The van der Waals surface area contributed by atoms with Crippen molar-refractivity contribution < 1.29 is 15.3 Å². The molecule has 39 heavy (non-hydrogen) atoms. The Bertz CT molecular complexity index is 711. The van der Waals surface area contributed by atoms with Crippen LogP contribution in [0.2, 0.25) is 0 Å². The highest BCUT2D eigenvalue weighted by molar-refractivity contribution is 6.21. The predicted octanol–water partition coefficient (Wildman–Crippen LogP) is 6.97. The SMILES string of the molecule is C[C@H](Cl)CN(Cc1c(O)c(CN(C[C@H](C)Cl)C[C@@H](C)Cl)c(O)c(CN(C[C@@H](C)Cl)C[C@@H](C)Cl)c1O)C[C@@H](C)Cl. The van der Waals surface area contributed by atoms with Crippen molar-refractivity contribution in [3.8, 4) is 17.2 Å². The Morgan fingerprint density at radius 1 is 0.410 bits per heavy atom. The molecule has 0 radical (unpaired) electrons. The second-order valence-electron chi connectivity index (χ2n) is 10.7. The summed E-state index contributed by atoms with van der Waals surface area (Å²) in [5.41, 5.74) is 0.883. The van der Waals surface area contributed by atoms with Crippen molar-refractivity contribution in [3.63, 3.8) is 0 Å². The van der Waals surface area contributed by atoms with Crippen LogP contribution in [0.4, 0.5) is 0 Å². The molecule has 0 bridgehead atoms. The molecule has 0 fully saturated rings. The van der Waals surface area contributed by atoms with Crippen LogP contribution in [0.5, 0.6) is 17.2 Å². The quantitative estimate of drug-likeness (QED) is 0.147. The van der Waals surface area contributed by atoms with Gasteiger partial charge < -0.3 is 15.3 Å². The number of phenolic OH excluding ortho intramolecular Hbond substituents is 3. The van der Waals surface area contributed by atoms with Crippen LogP contribution in [-0.2, 0) is 19.6 Å². The second kappa shape index (κ2) is 18.0. The van der Waals surface area contributed by atoms with Gasteiger partial charge in [0.05, 0.1) is 16.7 Å². The fourth-order valence-corrected chi connectivity index (χ4v) is 5.92. The maximum absolute atomic E-state index is 11.5. The number of aromatic hydroxyl groups is 3. The fourth-order valence-electron chi connectivity index (χ4n) is 4.75. The summed E-state index contributed by atoms with van der Waals surface area (Å²) < 4.78 is 0. The summed E-state index contributed by atoms with van der Waals surface area (Å²) >= 11 is 37.8. The first-order valence-electron chi connectivity index (χ1n) is 13.3. The molecule has 12 heteroatoms. The normalized spacial score (nSPS) is 17.0. The van der Waals surface area contributed by atoms with Crippen molar-refractivity contribution in [2.45, 2.75) is 93.4 Å². The molecule has 0 aliphatic heterocycles. The van der Waals surface area contributed by atoms with Gasteiger partial charge in [-0.3, -0.25) is 14.7 Å². The molecule has 1 aromatic carbocycles. The lowest BCUT2D eigenvalue weighted by Crippen LogP contribution is -2.35. The Balaban J connectivity index is 3.72. The highest BCUT2D eigenvalue weighted by atomic mass is 35.5. The molecule has 0 spiro atoms. The summed E-state index contributed by atoms with van der Waals surface area (Å²) in [6.45, 7) is 14.7. The minimum absolute atomic E-state index is 0.180. The molecule has 6 atom stereocenters. The van der Waals surface area contributed by atoms with Gasteiger partial charge in [-0.2, -0.15) is 0 Å². The van der Waals surface area contributed by atoms with Crippen molar-refractivity contribution in [2.75, 3.05) is 39.3 Å². The summed E-state index contributed by atoms with van der Waals surface area (Å²) in [5, 5.41) is 33.3. The van der Waals surface area contributed by atoms with E-state index in [4.69, 9.17) is 69.6 Å². The van der Waals surface area contributed by atoms with Crippen molar-refractivity contribution in [1.82, 2.24) is 14.7 Å². The van der Waals surface area contributed by atoms with Crippen molar-refractivity contribution in [1.29, 1.82) is 0 Å². The first-order chi connectivity index (χ1) is 18.0. The lowest BCUT2D eigenvalue weighted by Gasteiger charge is -2.31. The highest BCUT2D eigenvalue weighted by Crippen LogP contribution is 2.44. The van der Waals surface area contributed by atoms with Gasteiger partial charge in [0.2, 0.25) is 0 Å². The maximum atomic E-state index is 11.5. The van der Waals surface area contributed by atoms with Gasteiger partial charge >= 0.3 is 0 Å². The fraction of sp³-hybridized carbons (Fsp3) is 0.778. The summed E-state index contributed by atoms with van der Waals surface area (Å²) in [6, 6.07) is 0. The van der Waals surface area contributed by atoms with E-state index >= 15 is 0 Å². The van der Waals surface area contributed by atoms with E-state index in [-0.39, 0.29) is 69.1 Å². The first kappa shape index (κ1) is 37.3. The minimum atomic E-state index is -0.183. The topological polar surface area (TPSA) is 70.4 Å². The average molecular weight is 672 g/mol. The standard InChI is InChI=1S/C27H45Cl6N3O3/c1-16(28)7-34(8-17(2)29)13-22-25(37)23(14-35(9-18(3)30)10-19(4)31)27(39)24(26(22)38)15-36(11-20(5)32)12-21(6)33/h16-21,37-39H,7-15H2,1-6H3/t16-,17-,18-,19+,20-,21+/m1/s1. The number of hydrogen-bond acceptors (Lipinski definition) is 6. The predicted molar refractivity (Wildman–Crippen MR) is 169 cm³/mol. The molecule has 0 heterocycles. The third-order valence-corrected chi connectivity index (χ3v) is 6.75. The van der Waals surface area contributed by atoms with Gasteiger partial charge in [-0.25, -0.2) is 0 Å². The zero-order chi connectivity index (χ0) is 30.0. The summed E-state index contributed by atoms with van der Waals surface area (Å²) in [4.78, 5) is 5.94. The zero-order valence-corrected chi connectivity index (χ0v) is 28.3. The van der Waals surface area contributed by atoms with E-state index in [0.717, 1.165) is 0 Å². The Morgan fingerprint density at radius 3 is 0.692 bits per heavy atom. The molecule has 6 nitrogen and oxygen atoms in total. The summed E-state index contributed by atoms with van der Waals surface area (Å²) in [6.07, 6.45) is 0. The van der Waals surface area contributed by atoms with Gasteiger partial charge in [-0.1, -0.05) is 0 Å². The second-order valence-corrected chi connectivity index (χ2v) is 15.2. The molecule has 228 valence electrons. The molecular weight excluding hydrogens is 627 g/mol. The third-order valence-electron chi connectivity index (χ3n) is 5.92. The Morgan fingerprint density at radius 2 is 0.564 bits per heavy atom. The third kappa shape index (κ3) is 13.8. The first-order valence-corrected chi connectivity index (χ1v) is 15.9. The number of halogens is 6. The number of phenols is 3. The van der Waals surface area contributed by atoms with E-state index in [1.807, 2.05) is 56.2 Å². The Labute approximate surface area is 265 Å². The monoisotopic (exact) mass is 669 g/mol. The molecule has 0 saturated heterocycles. The minimum Gasteiger partial charge on any atom is -0.507 e. The van der Waals surface area contributed by atoms with E-state index < -0.39 is 0 Å². The Hall–Kier alpha value is 0.240. The van der Waals surface area contributed by atoms with Gasteiger partial charge in [-0.15, -0.1) is 69.6 Å². The highest BCUT2D eigenvalue weighted by Gasteiger charge is 2.28. The van der Waals surface area contributed by atoms with Gasteiger partial charge in [0.15, 0.2) is 0 Å². The van der Waals surface area contributed by atoms with E-state index in [0.29, 0.717) is 56.0 Å². The van der Waals surface area contributed by atoms with Gasteiger partial charge in [-0.05, 0) is 41.5 Å². The molecular formula is C27H45Cl6N3O3. The van der Waals surface area contributed by atoms with Crippen molar-refractivity contribution >= 4 is 69.6 Å². The lowest BCUT2D eigenvalue weighted by atomic mass is 9.98. The summed E-state index contributed by atoms with van der Waals surface area (Å²) in [7, 11) is 0. The van der Waals surface area contributed by atoms with Crippen LogP contribution in [0.1, 0.15) is 58.2 Å². The van der Waals surface area contributed by atoms with E-state index in [2.05, 4.69) is 0 Å². The van der Waals surface area contributed by atoms with Crippen LogP contribution < -0.4 is 0 Å². The molecule has 0 saturated carbocycles. The number of alkyl halides is 6. The van der Waals surface area contributed by atoms with Crippen molar-refractivity contribution in [2.24, 2.45) is 0 Å². The van der Waals surface area contributed by atoms with E-state index in [1.54, 1.807) is 0 Å². The van der Waals surface area contributed by atoms with Crippen LogP contribution in [0, 0.1) is 0 Å². The number of benzene rings is 1. The lowest BCUT2D eigenvalue weighted by molar-refractivity contribution is 0.243. The molecule has 0 aromatic heterocycles. The Kier molecular flexibility index (Phi) is 17.2.